The molecule has 6 heteroatoms. The average Bonchev–Trinajstić information content (AvgIpc) is 2.97. The Morgan fingerprint density at radius 1 is 0.867 bits per heavy atom. The van der Waals surface area contributed by atoms with E-state index in [1.165, 1.54) is 6.42 Å². The standard InChI is InChI=1S/C24H26N2O4/c27-21(18-11-13-20(14-12-18)30-19-9-5-4-6-10-19)17-26-22(28)24(25-23(26)29)15-7-2-1-3-8-16-24/h4-6,9-14H,1-3,7-8,15-17H2,(H,25,29). The first-order valence-electron chi connectivity index (χ1n) is 10.6. The van der Waals surface area contributed by atoms with Gasteiger partial charge in [-0.2, -0.15) is 0 Å². The molecule has 6 nitrogen and oxygen atoms in total. The maximum Gasteiger partial charge on any atom is 0.325 e. The number of hydrogen-bond donors (Lipinski definition) is 1. The summed E-state index contributed by atoms with van der Waals surface area (Å²) in [5.41, 5.74) is -0.389. The molecule has 1 N–H and O–H groups in total. The van der Waals surface area contributed by atoms with Crippen molar-refractivity contribution in [1.82, 2.24) is 10.2 Å². The van der Waals surface area contributed by atoms with Crippen LogP contribution >= 0.6 is 0 Å². The van der Waals surface area contributed by atoms with Gasteiger partial charge in [0.2, 0.25) is 0 Å². The molecule has 3 amide bonds. The molecule has 1 heterocycles. The molecule has 1 aliphatic heterocycles. The Balaban J connectivity index is 1.41. The number of ketones is 1. The van der Waals surface area contributed by atoms with Crippen LogP contribution in [0.3, 0.4) is 0 Å². The molecule has 0 atom stereocenters. The molecule has 0 unspecified atom stereocenters. The number of carbonyl (C=O) groups excluding carboxylic acids is 3. The Morgan fingerprint density at radius 2 is 1.47 bits per heavy atom. The van der Waals surface area contributed by atoms with Crippen molar-refractivity contribution in [3.8, 4) is 11.5 Å². The first-order valence-corrected chi connectivity index (χ1v) is 10.6. The Kier molecular flexibility index (Phi) is 5.84. The van der Waals surface area contributed by atoms with Gasteiger partial charge < -0.3 is 10.1 Å². The van der Waals surface area contributed by atoms with Crippen LogP contribution in [0.4, 0.5) is 4.79 Å². The van der Waals surface area contributed by atoms with Gasteiger partial charge in [0.1, 0.15) is 17.0 Å². The van der Waals surface area contributed by atoms with Gasteiger partial charge in [0.25, 0.3) is 5.91 Å². The number of imide groups is 1. The van der Waals surface area contributed by atoms with Crippen LogP contribution in [0.15, 0.2) is 54.6 Å². The minimum absolute atomic E-state index is 0.245. The number of para-hydroxylation sites is 1. The van der Waals surface area contributed by atoms with Crippen LogP contribution in [0.25, 0.3) is 0 Å². The van der Waals surface area contributed by atoms with Gasteiger partial charge >= 0.3 is 6.03 Å². The van der Waals surface area contributed by atoms with Gasteiger partial charge in [-0.1, -0.05) is 50.3 Å². The minimum atomic E-state index is -0.828. The van der Waals surface area contributed by atoms with Crippen LogP contribution in [0.2, 0.25) is 0 Å². The third-order valence-corrected chi connectivity index (χ3v) is 5.91. The zero-order valence-corrected chi connectivity index (χ0v) is 16.9. The molecule has 4 rings (SSSR count). The Hall–Kier alpha value is -3.15. The van der Waals surface area contributed by atoms with Crippen LogP contribution in [-0.2, 0) is 4.79 Å². The monoisotopic (exact) mass is 406 g/mol. The summed E-state index contributed by atoms with van der Waals surface area (Å²) in [5.74, 6) is 0.793. The number of benzene rings is 2. The van der Waals surface area contributed by atoms with Gasteiger partial charge in [0.05, 0.1) is 6.54 Å². The average molecular weight is 406 g/mol. The molecule has 1 saturated carbocycles. The molecule has 0 radical (unpaired) electrons. The molecule has 0 bridgehead atoms. The largest absolute Gasteiger partial charge is 0.457 e. The normalized spacial score (nSPS) is 18.6. The Bertz CT molecular complexity index is 916. The molecule has 2 fully saturated rings. The summed E-state index contributed by atoms with van der Waals surface area (Å²) in [6.45, 7) is -0.245. The van der Waals surface area contributed by atoms with Crippen molar-refractivity contribution < 1.29 is 19.1 Å². The minimum Gasteiger partial charge on any atom is -0.457 e. The molecule has 2 aromatic carbocycles. The summed E-state index contributed by atoms with van der Waals surface area (Å²) in [7, 11) is 0. The molecule has 156 valence electrons. The second-order valence-corrected chi connectivity index (χ2v) is 8.03. The van der Waals surface area contributed by atoms with E-state index >= 15 is 0 Å². The van der Waals surface area contributed by atoms with E-state index in [9.17, 15) is 14.4 Å². The van der Waals surface area contributed by atoms with Crippen molar-refractivity contribution in [1.29, 1.82) is 0 Å². The summed E-state index contributed by atoms with van der Waals surface area (Å²) < 4.78 is 5.74. The van der Waals surface area contributed by atoms with Crippen LogP contribution < -0.4 is 10.1 Å². The first-order chi connectivity index (χ1) is 14.6. The summed E-state index contributed by atoms with van der Waals surface area (Å²) in [6, 6.07) is 15.6. The maximum absolute atomic E-state index is 13.1. The van der Waals surface area contributed by atoms with Crippen molar-refractivity contribution in [3.05, 3.63) is 60.2 Å². The SMILES string of the molecule is O=C(CN1C(=O)NC2(CCCCCCC2)C1=O)c1ccc(Oc2ccccc2)cc1. The quantitative estimate of drug-likeness (QED) is 0.577. The third kappa shape index (κ3) is 4.22. The number of nitrogens with zero attached hydrogens (tertiary/aromatic N) is 1. The summed E-state index contributed by atoms with van der Waals surface area (Å²) in [4.78, 5) is 39.4. The molecule has 1 spiro atoms. The summed E-state index contributed by atoms with van der Waals surface area (Å²) >= 11 is 0. The van der Waals surface area contributed by atoms with E-state index in [2.05, 4.69) is 5.32 Å². The van der Waals surface area contributed by atoms with Crippen molar-refractivity contribution >= 4 is 17.7 Å². The maximum atomic E-state index is 13.1. The van der Waals surface area contributed by atoms with E-state index < -0.39 is 11.6 Å². The fourth-order valence-corrected chi connectivity index (χ4v) is 4.24. The van der Waals surface area contributed by atoms with Crippen LogP contribution in [-0.4, -0.2) is 34.7 Å². The van der Waals surface area contributed by atoms with E-state index in [0.29, 0.717) is 29.9 Å². The lowest BCUT2D eigenvalue weighted by molar-refractivity contribution is -0.131. The lowest BCUT2D eigenvalue weighted by atomic mass is 9.84. The zero-order valence-electron chi connectivity index (χ0n) is 16.9. The van der Waals surface area contributed by atoms with Gasteiger partial charge in [0.15, 0.2) is 5.78 Å². The second-order valence-electron chi connectivity index (χ2n) is 8.03. The highest BCUT2D eigenvalue weighted by atomic mass is 16.5. The highest BCUT2D eigenvalue weighted by Gasteiger charge is 2.50. The van der Waals surface area contributed by atoms with Gasteiger partial charge in [-0.25, -0.2) is 4.79 Å². The topological polar surface area (TPSA) is 75.7 Å². The second kappa shape index (κ2) is 8.69. The molecular formula is C24H26N2O4. The molecule has 2 aliphatic rings. The zero-order chi connectivity index (χ0) is 21.0. The molecule has 1 saturated heterocycles. The van der Waals surface area contributed by atoms with Gasteiger partial charge in [-0.05, 0) is 49.2 Å². The summed E-state index contributed by atoms with van der Waals surface area (Å²) in [5, 5.41) is 2.90. The van der Waals surface area contributed by atoms with Crippen molar-refractivity contribution in [2.75, 3.05) is 6.54 Å². The van der Waals surface area contributed by atoms with E-state index in [1.807, 2.05) is 30.3 Å². The number of rotatable bonds is 5. The number of hydrogen-bond acceptors (Lipinski definition) is 4. The van der Waals surface area contributed by atoms with Gasteiger partial charge in [-0.3, -0.25) is 14.5 Å². The lowest BCUT2D eigenvalue weighted by Gasteiger charge is -2.28. The number of amides is 3. The van der Waals surface area contributed by atoms with E-state index in [0.717, 1.165) is 30.6 Å². The number of ether oxygens (including phenoxy) is 1. The van der Waals surface area contributed by atoms with E-state index in [1.54, 1.807) is 24.3 Å². The fourth-order valence-electron chi connectivity index (χ4n) is 4.24. The lowest BCUT2D eigenvalue weighted by Crippen LogP contribution is -2.47. The van der Waals surface area contributed by atoms with Crippen LogP contribution in [0, 0.1) is 0 Å². The first kappa shape index (κ1) is 20.1. The fraction of sp³-hybridized carbons (Fsp3) is 0.375. The van der Waals surface area contributed by atoms with Crippen LogP contribution in [0.1, 0.15) is 55.3 Å². The van der Waals surface area contributed by atoms with Gasteiger partial charge in [0, 0.05) is 5.56 Å². The van der Waals surface area contributed by atoms with Crippen molar-refractivity contribution in [2.24, 2.45) is 0 Å². The van der Waals surface area contributed by atoms with E-state index in [-0.39, 0.29) is 18.2 Å². The predicted octanol–water partition coefficient (Wildman–Crippen LogP) is 4.70. The van der Waals surface area contributed by atoms with Crippen LogP contribution in [0.5, 0.6) is 11.5 Å². The summed E-state index contributed by atoms with van der Waals surface area (Å²) in [6.07, 6.45) is 6.43. The molecule has 0 aromatic heterocycles. The Morgan fingerprint density at radius 3 is 2.13 bits per heavy atom. The number of Topliss-reactive ketones (excluding diaryl/α,β-unsaturated/α-hetero) is 1. The third-order valence-electron chi connectivity index (χ3n) is 5.91. The number of nitrogens with one attached hydrogen (secondary N) is 1. The van der Waals surface area contributed by atoms with Crippen molar-refractivity contribution in [3.63, 3.8) is 0 Å². The predicted molar refractivity (Wildman–Crippen MR) is 113 cm³/mol. The van der Waals surface area contributed by atoms with Gasteiger partial charge in [-0.15, -0.1) is 0 Å². The van der Waals surface area contributed by atoms with E-state index in [4.69, 9.17) is 4.74 Å². The molecule has 1 aliphatic carbocycles. The van der Waals surface area contributed by atoms with Crippen molar-refractivity contribution in [2.45, 2.75) is 50.5 Å². The number of carbonyl (C=O) groups is 3. The molecular weight excluding hydrogens is 380 g/mol. The number of urea groups is 1. The smallest absolute Gasteiger partial charge is 0.325 e. The molecule has 2 aromatic rings. The molecule has 30 heavy (non-hydrogen) atoms. The highest BCUT2D eigenvalue weighted by molar-refractivity contribution is 6.11. The highest BCUT2D eigenvalue weighted by Crippen LogP contribution is 2.32. The Labute approximate surface area is 176 Å².